The smallest absolute Gasteiger partial charge is 0.338 e. The molecule has 3 aromatic rings. The molecule has 0 saturated heterocycles. The highest BCUT2D eigenvalue weighted by molar-refractivity contribution is 7.92. The van der Waals surface area contributed by atoms with Crippen molar-refractivity contribution in [2.45, 2.75) is 18.7 Å². The topological polar surface area (TPSA) is 84.5 Å². The first-order chi connectivity index (χ1) is 13.4. The van der Waals surface area contributed by atoms with Gasteiger partial charge in [0, 0.05) is 6.54 Å². The van der Waals surface area contributed by atoms with E-state index in [1.165, 1.54) is 6.07 Å². The van der Waals surface area contributed by atoms with Gasteiger partial charge in [-0.25, -0.2) is 13.2 Å². The molecule has 2 N–H and O–H groups in total. The van der Waals surface area contributed by atoms with E-state index < -0.39 is 16.0 Å². The summed E-state index contributed by atoms with van der Waals surface area (Å²) < 4.78 is 33.5. The summed E-state index contributed by atoms with van der Waals surface area (Å²) in [7, 11) is -3.84. The van der Waals surface area contributed by atoms with Crippen LogP contribution < -0.4 is 10.0 Å². The third-order valence-electron chi connectivity index (χ3n) is 4.17. The highest BCUT2D eigenvalue weighted by Crippen LogP contribution is 2.27. The van der Waals surface area contributed by atoms with Gasteiger partial charge in [0.2, 0.25) is 0 Å². The summed E-state index contributed by atoms with van der Waals surface area (Å²) in [4.78, 5) is 12.2. The molecule has 0 bridgehead atoms. The van der Waals surface area contributed by atoms with Crippen molar-refractivity contribution in [2.24, 2.45) is 0 Å². The standard InChI is InChI=1S/C21H22N2O4S/c1-3-22-19-12-10-17(21(24)27-4-2)14-20(19)23-28(25,26)18-11-9-15-7-5-6-8-16(15)13-18/h5-14,22-23H,3-4H2,1-2H3. The van der Waals surface area contributed by atoms with Crippen LogP contribution in [0, 0.1) is 0 Å². The van der Waals surface area contributed by atoms with Gasteiger partial charge in [-0.15, -0.1) is 0 Å². The van der Waals surface area contributed by atoms with Crippen molar-refractivity contribution in [3.05, 3.63) is 66.2 Å². The van der Waals surface area contributed by atoms with Gasteiger partial charge in [0.15, 0.2) is 0 Å². The minimum Gasteiger partial charge on any atom is -0.462 e. The maximum atomic E-state index is 13.0. The second-order valence-corrected chi connectivity index (χ2v) is 7.81. The Bertz CT molecular complexity index is 1110. The second-order valence-electron chi connectivity index (χ2n) is 6.13. The van der Waals surface area contributed by atoms with Crippen molar-refractivity contribution >= 4 is 38.1 Å². The first-order valence-electron chi connectivity index (χ1n) is 9.01. The summed E-state index contributed by atoms with van der Waals surface area (Å²) in [5.41, 5.74) is 1.15. The number of carbonyl (C=O) groups excluding carboxylic acids is 1. The Balaban J connectivity index is 1.99. The molecule has 0 fully saturated rings. The maximum absolute atomic E-state index is 13.0. The van der Waals surface area contributed by atoms with Gasteiger partial charge in [0.25, 0.3) is 10.0 Å². The molecule has 0 aliphatic rings. The number of carbonyl (C=O) groups is 1. The molecule has 0 unspecified atom stereocenters. The summed E-state index contributed by atoms with van der Waals surface area (Å²) >= 11 is 0. The van der Waals surface area contributed by atoms with Gasteiger partial charge in [-0.05, 0) is 55.0 Å². The van der Waals surface area contributed by atoms with Crippen LogP contribution in [0.5, 0.6) is 0 Å². The van der Waals surface area contributed by atoms with E-state index in [4.69, 9.17) is 4.74 Å². The Labute approximate surface area is 164 Å². The Morgan fingerprint density at radius 1 is 0.929 bits per heavy atom. The summed E-state index contributed by atoms with van der Waals surface area (Å²) in [6.07, 6.45) is 0. The molecule has 146 valence electrons. The van der Waals surface area contributed by atoms with Crippen LogP contribution in [0.15, 0.2) is 65.6 Å². The first-order valence-corrected chi connectivity index (χ1v) is 10.5. The van der Waals surface area contributed by atoms with Crippen molar-refractivity contribution in [1.82, 2.24) is 0 Å². The zero-order chi connectivity index (χ0) is 20.1. The van der Waals surface area contributed by atoms with Crippen LogP contribution in [0.3, 0.4) is 0 Å². The summed E-state index contributed by atoms with van der Waals surface area (Å²) in [6, 6.07) is 17.2. The minimum absolute atomic E-state index is 0.148. The zero-order valence-corrected chi connectivity index (χ0v) is 16.5. The molecule has 0 spiro atoms. The van der Waals surface area contributed by atoms with Crippen LogP contribution in [0.4, 0.5) is 11.4 Å². The van der Waals surface area contributed by atoms with E-state index in [1.807, 2.05) is 31.2 Å². The molecule has 3 aromatic carbocycles. The lowest BCUT2D eigenvalue weighted by molar-refractivity contribution is 0.0526. The fourth-order valence-corrected chi connectivity index (χ4v) is 3.96. The second kappa shape index (κ2) is 8.31. The summed E-state index contributed by atoms with van der Waals surface area (Å²) in [6.45, 7) is 4.46. The van der Waals surface area contributed by atoms with Crippen LogP contribution in [0.2, 0.25) is 0 Å². The molecule has 7 heteroatoms. The van der Waals surface area contributed by atoms with Gasteiger partial charge >= 0.3 is 5.97 Å². The third-order valence-corrected chi connectivity index (χ3v) is 5.54. The van der Waals surface area contributed by atoms with E-state index in [0.717, 1.165) is 10.8 Å². The molecule has 0 atom stereocenters. The maximum Gasteiger partial charge on any atom is 0.338 e. The third kappa shape index (κ3) is 4.26. The number of ether oxygens (including phenoxy) is 1. The van der Waals surface area contributed by atoms with Crippen molar-refractivity contribution in [2.75, 3.05) is 23.2 Å². The highest BCUT2D eigenvalue weighted by Gasteiger charge is 2.18. The van der Waals surface area contributed by atoms with Gasteiger partial charge < -0.3 is 10.1 Å². The average Bonchev–Trinajstić information content (AvgIpc) is 2.69. The quantitative estimate of drug-likeness (QED) is 0.581. The normalized spacial score (nSPS) is 11.2. The molecular weight excluding hydrogens is 376 g/mol. The Morgan fingerprint density at radius 3 is 2.39 bits per heavy atom. The predicted molar refractivity (Wildman–Crippen MR) is 111 cm³/mol. The molecule has 28 heavy (non-hydrogen) atoms. The Hall–Kier alpha value is -3.06. The van der Waals surface area contributed by atoms with Crippen LogP contribution in [0.1, 0.15) is 24.2 Å². The lowest BCUT2D eigenvalue weighted by Gasteiger charge is -2.15. The van der Waals surface area contributed by atoms with Gasteiger partial charge in [0.1, 0.15) is 0 Å². The molecule has 3 rings (SSSR count). The number of benzene rings is 3. The zero-order valence-electron chi connectivity index (χ0n) is 15.7. The Morgan fingerprint density at radius 2 is 1.68 bits per heavy atom. The average molecular weight is 398 g/mol. The van der Waals surface area contributed by atoms with Gasteiger partial charge in [-0.3, -0.25) is 4.72 Å². The molecule has 0 heterocycles. The molecule has 0 saturated carbocycles. The van der Waals surface area contributed by atoms with Gasteiger partial charge in [-0.2, -0.15) is 0 Å². The summed E-state index contributed by atoms with van der Waals surface area (Å²) in [5.74, 6) is -0.503. The lowest BCUT2D eigenvalue weighted by Crippen LogP contribution is -2.15. The predicted octanol–water partition coefficient (Wildman–Crippen LogP) is 4.25. The van der Waals surface area contributed by atoms with E-state index >= 15 is 0 Å². The monoisotopic (exact) mass is 398 g/mol. The van der Waals surface area contributed by atoms with E-state index in [0.29, 0.717) is 17.9 Å². The first kappa shape index (κ1) is 19.7. The number of nitrogens with one attached hydrogen (secondary N) is 2. The van der Waals surface area contributed by atoms with Gasteiger partial charge in [0.05, 0.1) is 28.4 Å². The van der Waals surface area contributed by atoms with E-state index in [1.54, 1.807) is 37.3 Å². The van der Waals surface area contributed by atoms with Crippen LogP contribution >= 0.6 is 0 Å². The van der Waals surface area contributed by atoms with Crippen LogP contribution in [-0.2, 0) is 14.8 Å². The van der Waals surface area contributed by atoms with Crippen molar-refractivity contribution in [3.8, 4) is 0 Å². The summed E-state index contributed by atoms with van der Waals surface area (Å²) in [5, 5.41) is 4.89. The molecular formula is C21H22N2O4S. The molecule has 0 radical (unpaired) electrons. The van der Waals surface area contributed by atoms with E-state index in [2.05, 4.69) is 10.0 Å². The molecule has 0 aliphatic heterocycles. The van der Waals surface area contributed by atoms with Crippen molar-refractivity contribution < 1.29 is 17.9 Å². The van der Waals surface area contributed by atoms with Crippen molar-refractivity contribution in [1.29, 1.82) is 0 Å². The molecule has 0 amide bonds. The van der Waals surface area contributed by atoms with E-state index in [9.17, 15) is 13.2 Å². The number of hydrogen-bond acceptors (Lipinski definition) is 5. The van der Waals surface area contributed by atoms with Crippen LogP contribution in [0.25, 0.3) is 10.8 Å². The molecule has 0 aromatic heterocycles. The van der Waals surface area contributed by atoms with Gasteiger partial charge in [-0.1, -0.05) is 30.3 Å². The van der Waals surface area contributed by atoms with Crippen LogP contribution in [-0.4, -0.2) is 27.5 Å². The highest BCUT2D eigenvalue weighted by atomic mass is 32.2. The minimum atomic E-state index is -3.84. The SMILES string of the molecule is CCNc1ccc(C(=O)OCC)cc1NS(=O)(=O)c1ccc2ccccc2c1. The lowest BCUT2D eigenvalue weighted by atomic mass is 10.1. The number of rotatable bonds is 7. The fourth-order valence-electron chi connectivity index (χ4n) is 2.85. The molecule has 0 aliphatic carbocycles. The number of sulfonamides is 1. The largest absolute Gasteiger partial charge is 0.462 e. The number of anilines is 2. The number of fused-ring (bicyclic) bond motifs is 1. The van der Waals surface area contributed by atoms with Crippen molar-refractivity contribution in [3.63, 3.8) is 0 Å². The molecule has 6 nitrogen and oxygen atoms in total. The number of esters is 1. The Kier molecular flexibility index (Phi) is 5.84. The fraction of sp³-hybridized carbons (Fsp3) is 0.190. The van der Waals surface area contributed by atoms with E-state index in [-0.39, 0.29) is 17.1 Å². The number of hydrogen-bond donors (Lipinski definition) is 2.